The van der Waals surface area contributed by atoms with Crippen LogP contribution in [0.25, 0.3) is 0 Å². The molecule has 0 atom stereocenters. The molecule has 0 spiro atoms. The number of rotatable bonds is 10. The Morgan fingerprint density at radius 2 is 1.52 bits per heavy atom. The number of aliphatic carboxylic acids is 1. The molecule has 9 heteroatoms. The van der Waals surface area contributed by atoms with Crippen molar-refractivity contribution in [3.8, 4) is 0 Å². The minimum absolute atomic E-state index is 0.0796. The van der Waals surface area contributed by atoms with Gasteiger partial charge in [0.15, 0.2) is 5.78 Å². The van der Waals surface area contributed by atoms with E-state index in [1.165, 1.54) is 48.5 Å². The summed E-state index contributed by atoms with van der Waals surface area (Å²) < 4.78 is 40.6. The lowest BCUT2D eigenvalue weighted by Gasteiger charge is -2.12. The molecule has 2 N–H and O–H groups in total. The summed E-state index contributed by atoms with van der Waals surface area (Å²) in [6.45, 7) is 0.0796. The second-order valence-electron chi connectivity index (χ2n) is 7.31. The molecule has 3 rings (SSSR count). The highest BCUT2D eigenvalue weighted by Crippen LogP contribution is 2.19. The number of hydrogen-bond donors (Lipinski definition) is 2. The summed E-state index contributed by atoms with van der Waals surface area (Å²) in [6.07, 6.45) is 0.337. The number of benzene rings is 3. The van der Waals surface area contributed by atoms with E-state index in [-0.39, 0.29) is 30.1 Å². The Morgan fingerprint density at radius 1 is 0.879 bits per heavy atom. The van der Waals surface area contributed by atoms with Crippen LogP contribution >= 0.6 is 11.6 Å². The van der Waals surface area contributed by atoms with Crippen molar-refractivity contribution in [2.45, 2.75) is 24.2 Å². The number of sulfonamides is 1. The first-order valence-electron chi connectivity index (χ1n) is 10.0. The van der Waals surface area contributed by atoms with Gasteiger partial charge in [-0.05, 0) is 78.6 Å². The molecule has 0 aromatic heterocycles. The van der Waals surface area contributed by atoms with Gasteiger partial charge in [-0.25, -0.2) is 17.5 Å². The molecule has 0 saturated heterocycles. The lowest BCUT2D eigenvalue weighted by Crippen LogP contribution is -2.26. The maximum atomic E-state index is 13.2. The summed E-state index contributed by atoms with van der Waals surface area (Å²) in [7, 11) is -3.73. The van der Waals surface area contributed by atoms with Crippen molar-refractivity contribution in [3.05, 3.63) is 99.8 Å². The number of carboxylic acids is 1. The third-order valence-electron chi connectivity index (χ3n) is 4.99. The number of aryl methyl sites for hydroxylation is 1. The van der Waals surface area contributed by atoms with Crippen molar-refractivity contribution in [1.29, 1.82) is 0 Å². The summed E-state index contributed by atoms with van der Waals surface area (Å²) in [5.74, 6) is -1.76. The van der Waals surface area contributed by atoms with Gasteiger partial charge >= 0.3 is 5.97 Å². The summed E-state index contributed by atoms with van der Waals surface area (Å²) in [5, 5.41) is 9.50. The predicted molar refractivity (Wildman–Crippen MR) is 123 cm³/mol. The van der Waals surface area contributed by atoms with E-state index >= 15 is 0 Å². The van der Waals surface area contributed by atoms with Crippen molar-refractivity contribution in [2.75, 3.05) is 6.54 Å². The van der Waals surface area contributed by atoms with E-state index in [9.17, 15) is 22.4 Å². The van der Waals surface area contributed by atoms with Crippen molar-refractivity contribution in [1.82, 2.24) is 4.72 Å². The van der Waals surface area contributed by atoms with E-state index in [4.69, 9.17) is 16.7 Å². The topological polar surface area (TPSA) is 101 Å². The van der Waals surface area contributed by atoms with E-state index in [1.54, 1.807) is 18.2 Å². The largest absolute Gasteiger partial charge is 0.481 e. The first kappa shape index (κ1) is 24.6. The summed E-state index contributed by atoms with van der Waals surface area (Å²) in [4.78, 5) is 23.9. The molecule has 172 valence electrons. The van der Waals surface area contributed by atoms with Crippen molar-refractivity contribution in [3.63, 3.8) is 0 Å². The summed E-state index contributed by atoms with van der Waals surface area (Å²) >= 11 is 5.80. The molecule has 0 heterocycles. The van der Waals surface area contributed by atoms with Gasteiger partial charge < -0.3 is 5.11 Å². The lowest BCUT2D eigenvalue weighted by molar-refractivity contribution is -0.136. The van der Waals surface area contributed by atoms with Crippen LogP contribution in [0.4, 0.5) is 4.39 Å². The molecule has 3 aromatic carbocycles. The van der Waals surface area contributed by atoms with Gasteiger partial charge in [0.1, 0.15) is 5.82 Å². The van der Waals surface area contributed by atoms with Gasteiger partial charge in [-0.2, -0.15) is 0 Å². The fourth-order valence-electron chi connectivity index (χ4n) is 3.27. The Labute approximate surface area is 196 Å². The van der Waals surface area contributed by atoms with Crippen LogP contribution in [0.3, 0.4) is 0 Å². The zero-order chi connectivity index (χ0) is 24.0. The van der Waals surface area contributed by atoms with Crippen LogP contribution in [0.1, 0.15) is 33.5 Å². The molecule has 0 unspecified atom stereocenters. The quantitative estimate of drug-likeness (QED) is 0.415. The van der Waals surface area contributed by atoms with Gasteiger partial charge in [0.25, 0.3) is 0 Å². The van der Waals surface area contributed by atoms with Crippen LogP contribution in [0.5, 0.6) is 0 Å². The lowest BCUT2D eigenvalue weighted by atomic mass is 9.94. The second kappa shape index (κ2) is 10.7. The van der Waals surface area contributed by atoms with E-state index < -0.39 is 21.8 Å². The van der Waals surface area contributed by atoms with E-state index in [2.05, 4.69) is 4.72 Å². The maximum Gasteiger partial charge on any atom is 0.303 e. The Morgan fingerprint density at radius 3 is 2.15 bits per heavy atom. The smallest absolute Gasteiger partial charge is 0.303 e. The van der Waals surface area contributed by atoms with Gasteiger partial charge in [0.05, 0.1) is 4.90 Å². The SMILES string of the molecule is O=C(O)CCc1cc(C(=O)c2ccc(F)cc2)ccc1CCNS(=O)(=O)c1ccc(Cl)cc1. The van der Waals surface area contributed by atoms with E-state index in [0.29, 0.717) is 28.1 Å². The van der Waals surface area contributed by atoms with Crippen LogP contribution in [-0.4, -0.2) is 31.8 Å². The van der Waals surface area contributed by atoms with Gasteiger partial charge in [0, 0.05) is 29.1 Å². The van der Waals surface area contributed by atoms with Crippen LogP contribution < -0.4 is 4.72 Å². The van der Waals surface area contributed by atoms with E-state index in [0.717, 1.165) is 5.56 Å². The average molecular weight is 490 g/mol. The highest BCUT2D eigenvalue weighted by Gasteiger charge is 2.16. The number of nitrogens with one attached hydrogen (secondary N) is 1. The minimum Gasteiger partial charge on any atom is -0.481 e. The number of carbonyl (C=O) groups excluding carboxylic acids is 1. The Balaban J connectivity index is 1.77. The van der Waals surface area contributed by atoms with Crippen molar-refractivity contribution >= 4 is 33.4 Å². The normalized spacial score (nSPS) is 11.3. The summed E-state index contributed by atoms with van der Waals surface area (Å²) in [6, 6.07) is 15.8. The molecule has 0 radical (unpaired) electrons. The molecule has 0 saturated carbocycles. The van der Waals surface area contributed by atoms with Crippen LogP contribution in [0, 0.1) is 5.82 Å². The molecule has 0 aliphatic heterocycles. The van der Waals surface area contributed by atoms with Crippen LogP contribution in [0.15, 0.2) is 71.6 Å². The Kier molecular flexibility index (Phi) is 7.97. The monoisotopic (exact) mass is 489 g/mol. The molecule has 0 fully saturated rings. The third kappa shape index (κ3) is 6.71. The first-order chi connectivity index (χ1) is 15.7. The Bertz CT molecular complexity index is 1260. The fraction of sp³-hybridized carbons (Fsp3) is 0.167. The molecule has 0 bridgehead atoms. The van der Waals surface area contributed by atoms with Crippen molar-refractivity contribution < 1.29 is 27.5 Å². The molecular weight excluding hydrogens is 469 g/mol. The summed E-state index contributed by atoms with van der Waals surface area (Å²) in [5.41, 5.74) is 2.01. The van der Waals surface area contributed by atoms with Crippen molar-refractivity contribution in [2.24, 2.45) is 0 Å². The third-order valence-corrected chi connectivity index (χ3v) is 6.72. The molecular formula is C24H21ClFNO5S. The van der Waals surface area contributed by atoms with Crippen LogP contribution in [0.2, 0.25) is 5.02 Å². The standard InChI is InChI=1S/C24H21ClFNO5S/c25-20-6-10-22(11-7-20)33(31,32)27-14-13-16-1-2-19(15-18(16)5-12-23(28)29)24(30)17-3-8-21(26)9-4-17/h1-4,6-11,15,27H,5,12-14H2,(H,28,29). The number of halogens is 2. The Hall–Kier alpha value is -3.07. The molecule has 0 aliphatic carbocycles. The second-order valence-corrected chi connectivity index (χ2v) is 9.52. The molecule has 6 nitrogen and oxygen atoms in total. The highest BCUT2D eigenvalue weighted by atomic mass is 35.5. The fourth-order valence-corrected chi connectivity index (χ4v) is 4.43. The average Bonchev–Trinajstić information content (AvgIpc) is 2.78. The zero-order valence-corrected chi connectivity index (χ0v) is 19.0. The van der Waals surface area contributed by atoms with Crippen LogP contribution in [-0.2, 0) is 27.7 Å². The van der Waals surface area contributed by atoms with Gasteiger partial charge in [-0.3, -0.25) is 9.59 Å². The molecule has 0 aliphatic rings. The number of hydrogen-bond acceptors (Lipinski definition) is 4. The van der Waals surface area contributed by atoms with Gasteiger partial charge in [0.2, 0.25) is 10.0 Å². The molecule has 0 amide bonds. The minimum atomic E-state index is -3.73. The van der Waals surface area contributed by atoms with Gasteiger partial charge in [-0.1, -0.05) is 23.7 Å². The predicted octanol–water partition coefficient (Wildman–Crippen LogP) is 4.25. The number of carbonyl (C=O) groups is 2. The number of carboxylic acid groups (broad SMARTS) is 1. The number of ketones is 1. The first-order valence-corrected chi connectivity index (χ1v) is 11.9. The highest BCUT2D eigenvalue weighted by molar-refractivity contribution is 7.89. The zero-order valence-electron chi connectivity index (χ0n) is 17.4. The van der Waals surface area contributed by atoms with E-state index in [1.807, 2.05) is 0 Å². The van der Waals surface area contributed by atoms with Gasteiger partial charge in [-0.15, -0.1) is 0 Å². The molecule has 3 aromatic rings. The maximum absolute atomic E-state index is 13.2. The molecule has 33 heavy (non-hydrogen) atoms.